The quantitative estimate of drug-likeness (QED) is 0.898. The summed E-state index contributed by atoms with van der Waals surface area (Å²) >= 11 is 0. The Morgan fingerprint density at radius 3 is 2.55 bits per heavy atom. The van der Waals surface area contributed by atoms with Crippen LogP contribution in [0.5, 0.6) is 5.75 Å². The minimum Gasteiger partial charge on any atom is -0.496 e. The summed E-state index contributed by atoms with van der Waals surface area (Å²) in [5.41, 5.74) is 3.63. The SMILES string of the molecule is COc1ccc(-c2ccncc2)cc1CNC1CCCCC1. The normalized spacial score (nSPS) is 15.7. The average molecular weight is 296 g/mol. The van der Waals surface area contributed by atoms with Crippen molar-refractivity contribution in [2.75, 3.05) is 7.11 Å². The molecule has 0 bridgehead atoms. The van der Waals surface area contributed by atoms with E-state index in [-0.39, 0.29) is 0 Å². The van der Waals surface area contributed by atoms with Crippen LogP contribution < -0.4 is 10.1 Å². The molecule has 3 heteroatoms. The van der Waals surface area contributed by atoms with Gasteiger partial charge in [0.05, 0.1) is 7.11 Å². The Bertz CT molecular complexity index is 592. The molecule has 0 aliphatic heterocycles. The lowest BCUT2D eigenvalue weighted by Gasteiger charge is -2.23. The lowest BCUT2D eigenvalue weighted by Crippen LogP contribution is -2.30. The number of methoxy groups -OCH3 is 1. The molecular formula is C19H24N2O. The van der Waals surface area contributed by atoms with Gasteiger partial charge in [0.15, 0.2) is 0 Å². The standard InChI is InChI=1S/C19H24N2O/c1-22-19-8-7-16(15-9-11-20-12-10-15)13-17(19)14-21-18-5-3-2-4-6-18/h7-13,18,21H,2-6,14H2,1H3. The van der Waals surface area contributed by atoms with Gasteiger partial charge in [-0.1, -0.05) is 25.3 Å². The fraction of sp³-hybridized carbons (Fsp3) is 0.421. The van der Waals surface area contributed by atoms with E-state index in [1.165, 1.54) is 48.8 Å². The third-order valence-corrected chi connectivity index (χ3v) is 4.48. The molecule has 0 radical (unpaired) electrons. The van der Waals surface area contributed by atoms with Crippen LogP contribution in [0.3, 0.4) is 0 Å². The van der Waals surface area contributed by atoms with Crippen LogP contribution in [0.25, 0.3) is 11.1 Å². The number of rotatable bonds is 5. The Morgan fingerprint density at radius 2 is 1.82 bits per heavy atom. The van der Waals surface area contributed by atoms with Gasteiger partial charge in [-0.15, -0.1) is 0 Å². The average Bonchev–Trinajstić information content (AvgIpc) is 2.61. The highest BCUT2D eigenvalue weighted by Gasteiger charge is 2.14. The Kier molecular flexibility index (Phi) is 5.07. The fourth-order valence-electron chi connectivity index (χ4n) is 3.20. The van der Waals surface area contributed by atoms with Crippen molar-refractivity contribution < 1.29 is 4.74 Å². The molecule has 2 aromatic rings. The van der Waals surface area contributed by atoms with Crippen molar-refractivity contribution in [1.82, 2.24) is 10.3 Å². The summed E-state index contributed by atoms with van der Waals surface area (Å²) in [4.78, 5) is 4.09. The molecule has 0 spiro atoms. The topological polar surface area (TPSA) is 34.1 Å². The van der Waals surface area contributed by atoms with E-state index in [2.05, 4.69) is 28.5 Å². The van der Waals surface area contributed by atoms with Crippen LogP contribution in [-0.2, 0) is 6.54 Å². The molecule has 0 unspecified atom stereocenters. The molecule has 1 aromatic carbocycles. The largest absolute Gasteiger partial charge is 0.496 e. The van der Waals surface area contributed by atoms with E-state index in [4.69, 9.17) is 4.74 Å². The summed E-state index contributed by atoms with van der Waals surface area (Å²) in [5.74, 6) is 0.959. The molecule has 0 amide bonds. The summed E-state index contributed by atoms with van der Waals surface area (Å²) in [5, 5.41) is 3.70. The van der Waals surface area contributed by atoms with Gasteiger partial charge in [-0.25, -0.2) is 0 Å². The highest BCUT2D eigenvalue weighted by molar-refractivity contribution is 5.65. The van der Waals surface area contributed by atoms with Gasteiger partial charge in [0.25, 0.3) is 0 Å². The Hall–Kier alpha value is -1.87. The molecule has 1 saturated carbocycles. The molecular weight excluding hydrogens is 272 g/mol. The summed E-state index contributed by atoms with van der Waals surface area (Å²) in [6.07, 6.45) is 10.4. The number of aromatic nitrogens is 1. The minimum absolute atomic E-state index is 0.656. The van der Waals surface area contributed by atoms with Crippen LogP contribution >= 0.6 is 0 Å². The second kappa shape index (κ2) is 7.41. The van der Waals surface area contributed by atoms with Gasteiger partial charge in [0.2, 0.25) is 0 Å². The highest BCUT2D eigenvalue weighted by atomic mass is 16.5. The smallest absolute Gasteiger partial charge is 0.123 e. The lowest BCUT2D eigenvalue weighted by atomic mass is 9.95. The zero-order valence-electron chi connectivity index (χ0n) is 13.2. The molecule has 3 nitrogen and oxygen atoms in total. The van der Waals surface area contributed by atoms with Gasteiger partial charge >= 0.3 is 0 Å². The maximum Gasteiger partial charge on any atom is 0.123 e. The molecule has 116 valence electrons. The zero-order valence-corrected chi connectivity index (χ0v) is 13.2. The second-order valence-corrected chi connectivity index (χ2v) is 5.98. The third-order valence-electron chi connectivity index (χ3n) is 4.48. The van der Waals surface area contributed by atoms with Crippen LogP contribution in [0.2, 0.25) is 0 Å². The molecule has 1 heterocycles. The van der Waals surface area contributed by atoms with Crippen molar-refractivity contribution in [3.05, 3.63) is 48.3 Å². The van der Waals surface area contributed by atoms with Crippen molar-refractivity contribution in [3.8, 4) is 16.9 Å². The zero-order chi connectivity index (χ0) is 15.2. The first-order valence-corrected chi connectivity index (χ1v) is 8.17. The number of hydrogen-bond acceptors (Lipinski definition) is 3. The van der Waals surface area contributed by atoms with E-state index in [0.29, 0.717) is 6.04 Å². The maximum atomic E-state index is 5.52. The van der Waals surface area contributed by atoms with Crippen LogP contribution in [0.15, 0.2) is 42.7 Å². The van der Waals surface area contributed by atoms with Gasteiger partial charge in [-0.3, -0.25) is 4.98 Å². The van der Waals surface area contributed by atoms with Crippen LogP contribution in [-0.4, -0.2) is 18.1 Å². The molecule has 1 N–H and O–H groups in total. The second-order valence-electron chi connectivity index (χ2n) is 5.98. The fourth-order valence-corrected chi connectivity index (χ4v) is 3.20. The highest BCUT2D eigenvalue weighted by Crippen LogP contribution is 2.27. The number of ether oxygens (including phenoxy) is 1. The van der Waals surface area contributed by atoms with E-state index in [1.54, 1.807) is 7.11 Å². The Labute approximate surface area is 132 Å². The van der Waals surface area contributed by atoms with Crippen molar-refractivity contribution in [2.24, 2.45) is 0 Å². The van der Waals surface area contributed by atoms with Gasteiger partial charge in [0, 0.05) is 30.5 Å². The first-order valence-electron chi connectivity index (χ1n) is 8.17. The number of benzene rings is 1. The maximum absolute atomic E-state index is 5.52. The first kappa shape index (κ1) is 15.0. The van der Waals surface area contributed by atoms with E-state index >= 15 is 0 Å². The van der Waals surface area contributed by atoms with E-state index in [0.717, 1.165) is 12.3 Å². The summed E-state index contributed by atoms with van der Waals surface area (Å²) in [6.45, 7) is 0.868. The number of hydrogen-bond donors (Lipinski definition) is 1. The van der Waals surface area contributed by atoms with Crippen LogP contribution in [0.4, 0.5) is 0 Å². The van der Waals surface area contributed by atoms with Gasteiger partial charge < -0.3 is 10.1 Å². The van der Waals surface area contributed by atoms with Crippen molar-refractivity contribution in [1.29, 1.82) is 0 Å². The molecule has 3 rings (SSSR count). The van der Waals surface area contributed by atoms with Gasteiger partial charge in [0.1, 0.15) is 5.75 Å². The molecule has 0 saturated heterocycles. The monoisotopic (exact) mass is 296 g/mol. The number of nitrogens with one attached hydrogen (secondary N) is 1. The molecule has 0 atom stereocenters. The van der Waals surface area contributed by atoms with Gasteiger partial charge in [-0.2, -0.15) is 0 Å². The van der Waals surface area contributed by atoms with E-state index in [9.17, 15) is 0 Å². The Morgan fingerprint density at radius 1 is 1.05 bits per heavy atom. The van der Waals surface area contributed by atoms with E-state index < -0.39 is 0 Å². The van der Waals surface area contributed by atoms with Crippen LogP contribution in [0, 0.1) is 0 Å². The minimum atomic E-state index is 0.656. The Balaban J connectivity index is 1.76. The van der Waals surface area contributed by atoms with E-state index in [1.807, 2.05) is 24.5 Å². The molecule has 1 fully saturated rings. The molecule has 22 heavy (non-hydrogen) atoms. The summed E-state index contributed by atoms with van der Waals surface area (Å²) in [6, 6.07) is 11.1. The third kappa shape index (κ3) is 3.66. The predicted molar refractivity (Wildman–Crippen MR) is 89.9 cm³/mol. The van der Waals surface area contributed by atoms with Gasteiger partial charge in [-0.05, 0) is 48.2 Å². The summed E-state index contributed by atoms with van der Waals surface area (Å²) in [7, 11) is 1.74. The molecule has 1 aliphatic rings. The molecule has 1 aliphatic carbocycles. The number of pyridine rings is 1. The van der Waals surface area contributed by atoms with Crippen molar-refractivity contribution in [2.45, 2.75) is 44.7 Å². The molecule has 1 aromatic heterocycles. The van der Waals surface area contributed by atoms with Crippen LogP contribution in [0.1, 0.15) is 37.7 Å². The van der Waals surface area contributed by atoms with Crippen molar-refractivity contribution >= 4 is 0 Å². The van der Waals surface area contributed by atoms with Crippen molar-refractivity contribution in [3.63, 3.8) is 0 Å². The lowest BCUT2D eigenvalue weighted by molar-refractivity contribution is 0.365. The predicted octanol–water partition coefficient (Wildman–Crippen LogP) is 4.18. The summed E-state index contributed by atoms with van der Waals surface area (Å²) < 4.78 is 5.52. The number of nitrogens with zero attached hydrogens (tertiary/aromatic N) is 1. The first-order chi connectivity index (χ1) is 10.9.